The van der Waals surface area contributed by atoms with Gasteiger partial charge in [-0.05, 0) is 25.3 Å². The predicted octanol–water partition coefficient (Wildman–Crippen LogP) is 4.29. The van der Waals surface area contributed by atoms with Crippen LogP contribution in [-0.2, 0) is 0 Å². The molecule has 0 unspecified atom stereocenters. The Labute approximate surface area is 171 Å². The maximum Gasteiger partial charge on any atom is 0.249 e. The van der Waals surface area contributed by atoms with Gasteiger partial charge in [0.15, 0.2) is 22.8 Å². The van der Waals surface area contributed by atoms with Gasteiger partial charge in [0.1, 0.15) is 11.6 Å². The van der Waals surface area contributed by atoms with Crippen molar-refractivity contribution in [3.05, 3.63) is 40.5 Å². The standard InChI is InChI=1S/C20H20N4O4S/c1-11-17-20(28-14-8-15(25-3)18(27-5)16(9-14)26-4)22-19(13-6-7-29-10-13)23-24(17)12(2)21-11/h6-10H,1-5H3. The van der Waals surface area contributed by atoms with Crippen LogP contribution in [0.5, 0.6) is 28.9 Å². The highest BCUT2D eigenvalue weighted by Crippen LogP contribution is 2.42. The molecule has 29 heavy (non-hydrogen) atoms. The number of nitrogens with zero attached hydrogens (tertiary/aromatic N) is 4. The second-order valence-corrected chi connectivity index (χ2v) is 7.00. The van der Waals surface area contributed by atoms with Crippen molar-refractivity contribution in [1.29, 1.82) is 0 Å². The van der Waals surface area contributed by atoms with E-state index in [4.69, 9.17) is 18.9 Å². The first-order chi connectivity index (χ1) is 14.0. The molecule has 9 heteroatoms. The molecular formula is C20H20N4O4S. The third kappa shape index (κ3) is 3.33. The lowest BCUT2D eigenvalue weighted by Gasteiger charge is -2.15. The molecule has 0 saturated heterocycles. The lowest BCUT2D eigenvalue weighted by Crippen LogP contribution is -2.03. The second kappa shape index (κ2) is 7.59. The number of ether oxygens (including phenoxy) is 4. The minimum Gasteiger partial charge on any atom is -0.493 e. The number of fused-ring (bicyclic) bond motifs is 1. The van der Waals surface area contributed by atoms with Crippen LogP contribution in [0, 0.1) is 13.8 Å². The highest BCUT2D eigenvalue weighted by Gasteiger charge is 2.20. The summed E-state index contributed by atoms with van der Waals surface area (Å²) in [5.41, 5.74) is 2.40. The largest absolute Gasteiger partial charge is 0.493 e. The summed E-state index contributed by atoms with van der Waals surface area (Å²) in [6.07, 6.45) is 0. The summed E-state index contributed by atoms with van der Waals surface area (Å²) in [6.45, 7) is 3.80. The molecule has 4 aromatic rings. The molecule has 3 aromatic heterocycles. The summed E-state index contributed by atoms with van der Waals surface area (Å²) in [7, 11) is 4.67. The number of aromatic nitrogens is 4. The van der Waals surface area contributed by atoms with Gasteiger partial charge in [-0.1, -0.05) is 0 Å². The van der Waals surface area contributed by atoms with Gasteiger partial charge >= 0.3 is 0 Å². The van der Waals surface area contributed by atoms with E-state index in [1.165, 1.54) is 0 Å². The first-order valence-corrected chi connectivity index (χ1v) is 9.74. The van der Waals surface area contributed by atoms with Crippen molar-refractivity contribution >= 4 is 16.9 Å². The number of aryl methyl sites for hydroxylation is 2. The van der Waals surface area contributed by atoms with Gasteiger partial charge in [-0.25, -0.2) is 9.50 Å². The van der Waals surface area contributed by atoms with Crippen molar-refractivity contribution in [3.63, 3.8) is 0 Å². The Kier molecular flexibility index (Phi) is 4.98. The molecule has 4 rings (SSSR count). The number of imidazole rings is 1. The van der Waals surface area contributed by atoms with Gasteiger partial charge in [0, 0.05) is 23.1 Å². The highest BCUT2D eigenvalue weighted by atomic mass is 32.1. The van der Waals surface area contributed by atoms with Crippen LogP contribution in [0.25, 0.3) is 16.9 Å². The van der Waals surface area contributed by atoms with E-state index in [-0.39, 0.29) is 0 Å². The maximum atomic E-state index is 6.18. The molecule has 0 radical (unpaired) electrons. The molecule has 0 amide bonds. The van der Waals surface area contributed by atoms with Crippen LogP contribution in [0.4, 0.5) is 0 Å². The maximum absolute atomic E-state index is 6.18. The second-order valence-electron chi connectivity index (χ2n) is 6.22. The molecule has 0 saturated carbocycles. The molecule has 3 heterocycles. The van der Waals surface area contributed by atoms with Crippen LogP contribution >= 0.6 is 11.3 Å². The fourth-order valence-corrected chi connectivity index (χ4v) is 3.74. The normalized spacial score (nSPS) is 10.9. The molecule has 0 bridgehead atoms. The molecule has 8 nitrogen and oxygen atoms in total. The molecule has 0 aliphatic carbocycles. The summed E-state index contributed by atoms with van der Waals surface area (Å²) >= 11 is 1.58. The Bertz CT molecular complexity index is 1150. The van der Waals surface area contributed by atoms with E-state index < -0.39 is 0 Å². The summed E-state index contributed by atoms with van der Waals surface area (Å²) in [5.74, 6) is 3.68. The van der Waals surface area contributed by atoms with Crippen LogP contribution < -0.4 is 18.9 Å². The van der Waals surface area contributed by atoms with Gasteiger partial charge < -0.3 is 18.9 Å². The van der Waals surface area contributed by atoms with Gasteiger partial charge in [-0.2, -0.15) is 16.3 Å². The quantitative estimate of drug-likeness (QED) is 0.467. The molecular weight excluding hydrogens is 392 g/mol. The average Bonchev–Trinajstić information content (AvgIpc) is 3.35. The molecule has 1 aromatic carbocycles. The molecule has 0 spiro atoms. The van der Waals surface area contributed by atoms with Crippen LogP contribution in [0.1, 0.15) is 11.5 Å². The van der Waals surface area contributed by atoms with E-state index in [9.17, 15) is 0 Å². The summed E-state index contributed by atoms with van der Waals surface area (Å²) < 4.78 is 24.2. The summed E-state index contributed by atoms with van der Waals surface area (Å²) in [6, 6.07) is 5.42. The van der Waals surface area contributed by atoms with Crippen LogP contribution in [0.15, 0.2) is 29.0 Å². The first kappa shape index (κ1) is 19.0. The van der Waals surface area contributed by atoms with Gasteiger partial charge in [0.05, 0.1) is 27.0 Å². The monoisotopic (exact) mass is 412 g/mol. The Balaban J connectivity index is 1.88. The Morgan fingerprint density at radius 1 is 0.966 bits per heavy atom. The molecule has 0 atom stereocenters. The van der Waals surface area contributed by atoms with E-state index in [2.05, 4.69) is 15.1 Å². The molecule has 150 valence electrons. The van der Waals surface area contributed by atoms with E-state index in [0.29, 0.717) is 40.2 Å². The predicted molar refractivity (Wildman–Crippen MR) is 110 cm³/mol. The average molecular weight is 412 g/mol. The van der Waals surface area contributed by atoms with E-state index >= 15 is 0 Å². The zero-order valence-corrected chi connectivity index (χ0v) is 17.5. The van der Waals surface area contributed by atoms with Crippen molar-refractivity contribution in [3.8, 4) is 40.3 Å². The highest BCUT2D eigenvalue weighted by molar-refractivity contribution is 7.08. The number of rotatable bonds is 6. The summed E-state index contributed by atoms with van der Waals surface area (Å²) in [5, 5.41) is 8.61. The Hall–Kier alpha value is -3.33. The zero-order valence-electron chi connectivity index (χ0n) is 16.7. The number of hydrogen-bond acceptors (Lipinski definition) is 8. The van der Waals surface area contributed by atoms with Gasteiger partial charge in [0.25, 0.3) is 0 Å². The summed E-state index contributed by atoms with van der Waals surface area (Å²) in [4.78, 5) is 9.19. The van der Waals surface area contributed by atoms with Crippen molar-refractivity contribution in [2.24, 2.45) is 0 Å². The van der Waals surface area contributed by atoms with Crippen molar-refractivity contribution < 1.29 is 18.9 Å². The van der Waals surface area contributed by atoms with Gasteiger partial charge in [-0.15, -0.1) is 5.10 Å². The minimum atomic E-state index is 0.397. The molecule has 0 aliphatic heterocycles. The topological polar surface area (TPSA) is 80.0 Å². The number of methoxy groups -OCH3 is 3. The fourth-order valence-electron chi connectivity index (χ4n) is 3.10. The lowest BCUT2D eigenvalue weighted by molar-refractivity contribution is 0.320. The van der Waals surface area contributed by atoms with E-state index in [1.807, 2.05) is 30.7 Å². The van der Waals surface area contributed by atoms with Crippen LogP contribution in [-0.4, -0.2) is 40.9 Å². The molecule has 0 aliphatic rings. The number of thiophene rings is 1. The third-order valence-corrected chi connectivity index (χ3v) is 5.11. The zero-order chi connectivity index (χ0) is 20.5. The van der Waals surface area contributed by atoms with E-state index in [1.54, 1.807) is 49.3 Å². The van der Waals surface area contributed by atoms with Crippen molar-refractivity contribution in [2.75, 3.05) is 21.3 Å². The smallest absolute Gasteiger partial charge is 0.249 e. The minimum absolute atomic E-state index is 0.397. The number of benzene rings is 1. The van der Waals surface area contributed by atoms with Crippen LogP contribution in [0.3, 0.4) is 0 Å². The van der Waals surface area contributed by atoms with Crippen molar-refractivity contribution in [1.82, 2.24) is 19.6 Å². The fraction of sp³-hybridized carbons (Fsp3) is 0.250. The Morgan fingerprint density at radius 2 is 1.69 bits per heavy atom. The first-order valence-electron chi connectivity index (χ1n) is 8.80. The Morgan fingerprint density at radius 3 is 2.28 bits per heavy atom. The van der Waals surface area contributed by atoms with E-state index in [0.717, 1.165) is 17.1 Å². The van der Waals surface area contributed by atoms with Gasteiger partial charge in [0.2, 0.25) is 11.6 Å². The van der Waals surface area contributed by atoms with Crippen molar-refractivity contribution in [2.45, 2.75) is 13.8 Å². The molecule has 0 fully saturated rings. The lowest BCUT2D eigenvalue weighted by atomic mass is 10.2. The molecule has 0 N–H and O–H groups in total. The third-order valence-electron chi connectivity index (χ3n) is 4.43. The number of hydrogen-bond donors (Lipinski definition) is 0. The SMILES string of the molecule is COc1cc(Oc2nc(-c3ccsc3)nn3c(C)nc(C)c23)cc(OC)c1OC. The van der Waals surface area contributed by atoms with Crippen LogP contribution in [0.2, 0.25) is 0 Å². The van der Waals surface area contributed by atoms with Gasteiger partial charge in [-0.3, -0.25) is 0 Å².